The Morgan fingerprint density at radius 3 is 2.82 bits per heavy atom. The van der Waals surface area contributed by atoms with Crippen molar-refractivity contribution in [3.05, 3.63) is 69.5 Å². The quantitative estimate of drug-likeness (QED) is 0.578. The molecule has 0 amide bonds. The van der Waals surface area contributed by atoms with E-state index in [0.717, 1.165) is 21.1 Å². The number of fused-ring (bicyclic) bond motifs is 1. The van der Waals surface area contributed by atoms with Gasteiger partial charge in [0.2, 0.25) is 0 Å². The molecule has 0 fully saturated rings. The monoisotopic (exact) mass is 325 g/mol. The van der Waals surface area contributed by atoms with Crippen molar-refractivity contribution in [2.24, 2.45) is 0 Å². The predicted molar refractivity (Wildman–Crippen MR) is 90.5 cm³/mol. The highest BCUT2D eigenvalue weighted by Crippen LogP contribution is 2.23. The van der Waals surface area contributed by atoms with Crippen molar-refractivity contribution in [2.45, 2.75) is 6.54 Å². The van der Waals surface area contributed by atoms with E-state index in [9.17, 15) is 4.79 Å². The van der Waals surface area contributed by atoms with Crippen LogP contribution in [0.4, 0.5) is 0 Å². The SMILES string of the molecule is O=c1c2ccsc2ncn1Cc1csc(-c2ccccc2)n1. The highest BCUT2D eigenvalue weighted by molar-refractivity contribution is 7.16. The fraction of sp³-hybridized carbons (Fsp3) is 0.0625. The van der Waals surface area contributed by atoms with E-state index < -0.39 is 0 Å². The van der Waals surface area contributed by atoms with Crippen LogP contribution in [0.3, 0.4) is 0 Å². The average molecular weight is 325 g/mol. The van der Waals surface area contributed by atoms with Crippen LogP contribution in [0, 0.1) is 0 Å². The van der Waals surface area contributed by atoms with E-state index >= 15 is 0 Å². The lowest BCUT2D eigenvalue weighted by atomic mass is 10.2. The summed E-state index contributed by atoms with van der Waals surface area (Å²) in [7, 11) is 0. The Hall–Kier alpha value is -2.31. The second-order valence-electron chi connectivity index (χ2n) is 4.83. The number of aromatic nitrogens is 3. The maximum absolute atomic E-state index is 12.4. The van der Waals surface area contributed by atoms with Crippen molar-refractivity contribution >= 4 is 32.9 Å². The topological polar surface area (TPSA) is 47.8 Å². The lowest BCUT2D eigenvalue weighted by Crippen LogP contribution is -2.20. The molecule has 0 saturated carbocycles. The Bertz CT molecular complexity index is 985. The summed E-state index contributed by atoms with van der Waals surface area (Å²) in [5.41, 5.74) is 1.96. The molecule has 22 heavy (non-hydrogen) atoms. The number of rotatable bonds is 3. The van der Waals surface area contributed by atoms with Gasteiger partial charge in [-0.25, -0.2) is 9.97 Å². The molecule has 0 saturated heterocycles. The van der Waals surface area contributed by atoms with Gasteiger partial charge in [0.25, 0.3) is 5.56 Å². The van der Waals surface area contributed by atoms with Gasteiger partial charge >= 0.3 is 0 Å². The van der Waals surface area contributed by atoms with E-state index in [0.29, 0.717) is 11.9 Å². The van der Waals surface area contributed by atoms with E-state index in [4.69, 9.17) is 0 Å². The smallest absolute Gasteiger partial charge is 0.262 e. The largest absolute Gasteiger partial charge is 0.293 e. The molecule has 0 aliphatic heterocycles. The fourth-order valence-electron chi connectivity index (χ4n) is 2.27. The van der Waals surface area contributed by atoms with E-state index in [1.807, 2.05) is 47.2 Å². The summed E-state index contributed by atoms with van der Waals surface area (Å²) in [5, 5.41) is 5.52. The summed E-state index contributed by atoms with van der Waals surface area (Å²) in [6.07, 6.45) is 1.60. The summed E-state index contributed by atoms with van der Waals surface area (Å²) >= 11 is 3.07. The van der Waals surface area contributed by atoms with Gasteiger partial charge in [-0.1, -0.05) is 30.3 Å². The molecule has 3 aromatic heterocycles. The summed E-state index contributed by atoms with van der Waals surface area (Å²) in [6, 6.07) is 11.9. The number of thiazole rings is 1. The van der Waals surface area contributed by atoms with Gasteiger partial charge in [-0.05, 0) is 11.4 Å². The minimum atomic E-state index is -0.0134. The third-order valence-electron chi connectivity index (χ3n) is 3.36. The van der Waals surface area contributed by atoms with Crippen LogP contribution in [0.15, 0.2) is 58.3 Å². The number of hydrogen-bond acceptors (Lipinski definition) is 5. The molecule has 0 atom stereocenters. The van der Waals surface area contributed by atoms with Crippen molar-refractivity contribution in [3.8, 4) is 10.6 Å². The van der Waals surface area contributed by atoms with E-state index in [-0.39, 0.29) is 5.56 Å². The Balaban J connectivity index is 1.67. The minimum absolute atomic E-state index is 0.0134. The molecule has 108 valence electrons. The normalized spacial score (nSPS) is 11.1. The standard InChI is InChI=1S/C16H11N3OS2/c20-16-13-6-7-21-15(13)17-10-19(16)8-12-9-22-14(18-12)11-4-2-1-3-5-11/h1-7,9-10H,8H2. The molecule has 0 radical (unpaired) electrons. The molecule has 0 spiro atoms. The number of hydrogen-bond donors (Lipinski definition) is 0. The van der Waals surface area contributed by atoms with Crippen LogP contribution in [0.2, 0.25) is 0 Å². The van der Waals surface area contributed by atoms with Crippen molar-refractivity contribution in [3.63, 3.8) is 0 Å². The van der Waals surface area contributed by atoms with Gasteiger partial charge in [-0.15, -0.1) is 22.7 Å². The molecule has 0 aliphatic carbocycles. The van der Waals surface area contributed by atoms with Gasteiger partial charge in [-0.2, -0.15) is 0 Å². The lowest BCUT2D eigenvalue weighted by molar-refractivity contribution is 0.735. The van der Waals surface area contributed by atoms with Gasteiger partial charge in [0, 0.05) is 10.9 Å². The molecule has 6 heteroatoms. The highest BCUT2D eigenvalue weighted by Gasteiger charge is 2.08. The molecular weight excluding hydrogens is 314 g/mol. The third-order valence-corrected chi connectivity index (χ3v) is 5.12. The Morgan fingerprint density at radius 2 is 1.95 bits per heavy atom. The number of benzene rings is 1. The molecule has 0 N–H and O–H groups in total. The molecule has 4 nitrogen and oxygen atoms in total. The first-order valence-corrected chi connectivity index (χ1v) is 8.50. The molecule has 0 unspecified atom stereocenters. The summed E-state index contributed by atoms with van der Waals surface area (Å²) < 4.78 is 1.61. The molecule has 4 aromatic rings. The van der Waals surface area contributed by atoms with Crippen LogP contribution >= 0.6 is 22.7 Å². The molecule has 4 rings (SSSR count). The highest BCUT2D eigenvalue weighted by atomic mass is 32.1. The van der Waals surface area contributed by atoms with Crippen LogP contribution in [-0.4, -0.2) is 14.5 Å². The zero-order valence-corrected chi connectivity index (χ0v) is 13.1. The second kappa shape index (κ2) is 5.47. The van der Waals surface area contributed by atoms with Crippen LogP contribution in [-0.2, 0) is 6.54 Å². The van der Waals surface area contributed by atoms with Crippen LogP contribution in [0.5, 0.6) is 0 Å². The van der Waals surface area contributed by atoms with Crippen molar-refractivity contribution < 1.29 is 0 Å². The number of nitrogens with zero attached hydrogens (tertiary/aromatic N) is 3. The van der Waals surface area contributed by atoms with Gasteiger partial charge in [0.05, 0.1) is 24.0 Å². The summed E-state index contributed by atoms with van der Waals surface area (Å²) in [5.74, 6) is 0. The molecule has 3 heterocycles. The first kappa shape index (κ1) is 13.4. The summed E-state index contributed by atoms with van der Waals surface area (Å²) in [4.78, 5) is 22.1. The maximum Gasteiger partial charge on any atom is 0.262 e. The average Bonchev–Trinajstić information content (AvgIpc) is 3.20. The fourth-order valence-corrected chi connectivity index (χ4v) is 3.81. The van der Waals surface area contributed by atoms with Gasteiger partial charge in [-0.3, -0.25) is 9.36 Å². The zero-order valence-electron chi connectivity index (χ0n) is 11.5. The van der Waals surface area contributed by atoms with Gasteiger partial charge in [0.15, 0.2) is 0 Å². The van der Waals surface area contributed by atoms with Crippen molar-refractivity contribution in [1.82, 2.24) is 14.5 Å². The minimum Gasteiger partial charge on any atom is -0.293 e. The Kier molecular flexibility index (Phi) is 3.32. The predicted octanol–water partition coefficient (Wildman–Crippen LogP) is 3.63. The first-order valence-electron chi connectivity index (χ1n) is 6.74. The lowest BCUT2D eigenvalue weighted by Gasteiger charge is -2.02. The third kappa shape index (κ3) is 2.36. The maximum atomic E-state index is 12.4. The van der Waals surface area contributed by atoms with Crippen LogP contribution < -0.4 is 5.56 Å². The zero-order chi connectivity index (χ0) is 14.9. The van der Waals surface area contributed by atoms with Crippen molar-refractivity contribution in [1.29, 1.82) is 0 Å². The first-order chi connectivity index (χ1) is 10.8. The molecule has 0 aliphatic rings. The van der Waals surface area contributed by atoms with Gasteiger partial charge in [0.1, 0.15) is 9.84 Å². The van der Waals surface area contributed by atoms with E-state index in [1.54, 1.807) is 22.2 Å². The van der Waals surface area contributed by atoms with Crippen LogP contribution in [0.1, 0.15) is 5.69 Å². The molecular formula is C16H11N3OS2. The van der Waals surface area contributed by atoms with E-state index in [1.165, 1.54) is 11.3 Å². The van der Waals surface area contributed by atoms with Crippen molar-refractivity contribution in [2.75, 3.05) is 0 Å². The molecule has 1 aromatic carbocycles. The Labute approximate surface area is 134 Å². The van der Waals surface area contributed by atoms with Gasteiger partial charge < -0.3 is 0 Å². The molecule has 0 bridgehead atoms. The Morgan fingerprint density at radius 1 is 1.09 bits per heavy atom. The number of thiophene rings is 1. The summed E-state index contributed by atoms with van der Waals surface area (Å²) in [6.45, 7) is 0.445. The second-order valence-corrected chi connectivity index (χ2v) is 6.58. The van der Waals surface area contributed by atoms with Crippen LogP contribution in [0.25, 0.3) is 20.8 Å². The van der Waals surface area contributed by atoms with E-state index in [2.05, 4.69) is 9.97 Å².